The van der Waals surface area contributed by atoms with Crippen LogP contribution in [0.4, 0.5) is 0 Å². The van der Waals surface area contributed by atoms with Crippen LogP contribution in [0.2, 0.25) is 10.0 Å². The van der Waals surface area contributed by atoms with Crippen LogP contribution in [-0.4, -0.2) is 35.9 Å². The summed E-state index contributed by atoms with van der Waals surface area (Å²) in [5.41, 5.74) is 1.62. The Morgan fingerprint density at radius 1 is 1.07 bits per heavy atom. The Morgan fingerprint density at radius 2 is 1.77 bits per heavy atom. The van der Waals surface area contributed by atoms with Crippen molar-refractivity contribution in [3.63, 3.8) is 0 Å². The van der Waals surface area contributed by atoms with Crippen LogP contribution >= 0.6 is 23.2 Å². The minimum atomic E-state index is -0.678. The van der Waals surface area contributed by atoms with Gasteiger partial charge in [-0.05, 0) is 55.2 Å². The number of halogens is 2. The highest BCUT2D eigenvalue weighted by Crippen LogP contribution is 2.22. The van der Waals surface area contributed by atoms with Gasteiger partial charge in [0.25, 0.3) is 5.91 Å². The molecule has 0 bridgehead atoms. The Balaban J connectivity index is 2.16. The van der Waals surface area contributed by atoms with Crippen molar-refractivity contribution in [2.45, 2.75) is 40.3 Å². The molecule has 1 N–H and O–H groups in total. The lowest BCUT2D eigenvalue weighted by Gasteiger charge is -2.29. The van der Waals surface area contributed by atoms with E-state index in [4.69, 9.17) is 27.9 Å². The maximum absolute atomic E-state index is 13.0. The zero-order chi connectivity index (χ0) is 22.3. The van der Waals surface area contributed by atoms with Crippen molar-refractivity contribution in [3.05, 3.63) is 63.6 Å². The number of hydrogen-bond acceptors (Lipinski definition) is 3. The number of rotatable bonds is 9. The van der Waals surface area contributed by atoms with Gasteiger partial charge < -0.3 is 15.0 Å². The van der Waals surface area contributed by atoms with Gasteiger partial charge in [-0.1, -0.05) is 55.2 Å². The minimum absolute atomic E-state index is 0.201. The third-order valence-corrected chi connectivity index (χ3v) is 5.43. The topological polar surface area (TPSA) is 58.6 Å². The molecule has 5 nitrogen and oxygen atoms in total. The van der Waals surface area contributed by atoms with Gasteiger partial charge in [-0.15, -0.1) is 0 Å². The van der Waals surface area contributed by atoms with E-state index in [1.807, 2.05) is 39.0 Å². The van der Waals surface area contributed by atoms with E-state index in [2.05, 4.69) is 5.32 Å². The molecule has 0 aliphatic rings. The smallest absolute Gasteiger partial charge is 0.261 e. The van der Waals surface area contributed by atoms with Crippen molar-refractivity contribution in [2.24, 2.45) is 5.92 Å². The van der Waals surface area contributed by atoms with Gasteiger partial charge in [0.2, 0.25) is 5.91 Å². The number of amides is 2. The Labute approximate surface area is 188 Å². The second-order valence-corrected chi connectivity index (χ2v) is 8.44. The third-order valence-electron chi connectivity index (χ3n) is 4.64. The number of nitrogens with zero attached hydrogens (tertiary/aromatic N) is 1. The summed E-state index contributed by atoms with van der Waals surface area (Å²) < 4.78 is 5.67. The number of ether oxygens (including phenoxy) is 1. The first kappa shape index (κ1) is 24.0. The van der Waals surface area contributed by atoms with Crippen molar-refractivity contribution >= 4 is 35.0 Å². The summed E-state index contributed by atoms with van der Waals surface area (Å²) in [5, 5.41) is 4.05. The predicted molar refractivity (Wildman–Crippen MR) is 121 cm³/mol. The van der Waals surface area contributed by atoms with Gasteiger partial charge in [0.1, 0.15) is 11.8 Å². The fraction of sp³-hybridized carbons (Fsp3) is 0.391. The average molecular weight is 451 g/mol. The van der Waals surface area contributed by atoms with Crippen LogP contribution in [0.3, 0.4) is 0 Å². The quantitative estimate of drug-likeness (QED) is 0.592. The number of carbonyl (C=O) groups excluding carboxylic acids is 2. The van der Waals surface area contributed by atoms with Crippen LogP contribution in [0.1, 0.15) is 31.9 Å². The third kappa shape index (κ3) is 6.92. The van der Waals surface area contributed by atoms with Crippen molar-refractivity contribution in [3.8, 4) is 5.75 Å². The normalized spacial score (nSPS) is 11.8. The molecule has 1 atom stereocenters. The summed E-state index contributed by atoms with van der Waals surface area (Å²) >= 11 is 12.3. The first-order valence-electron chi connectivity index (χ1n) is 9.88. The van der Waals surface area contributed by atoms with Gasteiger partial charge in [-0.2, -0.15) is 0 Å². The van der Waals surface area contributed by atoms with Crippen molar-refractivity contribution in [1.82, 2.24) is 10.2 Å². The molecule has 0 saturated carbocycles. The van der Waals surface area contributed by atoms with Gasteiger partial charge in [0.05, 0.1) is 0 Å². The molecule has 2 aromatic rings. The van der Waals surface area contributed by atoms with Crippen LogP contribution in [0.5, 0.6) is 5.75 Å². The van der Waals surface area contributed by atoms with Crippen molar-refractivity contribution in [2.75, 3.05) is 13.2 Å². The highest BCUT2D eigenvalue weighted by Gasteiger charge is 2.27. The number of aryl methyl sites for hydroxylation is 1. The summed E-state index contributed by atoms with van der Waals surface area (Å²) in [7, 11) is 0. The van der Waals surface area contributed by atoms with E-state index < -0.39 is 6.04 Å². The van der Waals surface area contributed by atoms with Crippen LogP contribution in [0, 0.1) is 12.8 Å². The van der Waals surface area contributed by atoms with E-state index in [0.29, 0.717) is 28.3 Å². The molecule has 0 saturated heterocycles. The molecule has 0 aliphatic carbocycles. The SMILES string of the molecule is Cc1cc(OCC(=O)N(Cc2ccccc2Cl)C(C)C(=O)NCC(C)C)ccc1Cl. The van der Waals surface area contributed by atoms with E-state index in [1.54, 1.807) is 31.2 Å². The predicted octanol–water partition coefficient (Wildman–Crippen LogP) is 4.87. The second kappa shape index (κ2) is 11.2. The van der Waals surface area contributed by atoms with Gasteiger partial charge in [0.15, 0.2) is 6.61 Å². The van der Waals surface area contributed by atoms with Gasteiger partial charge in [-0.3, -0.25) is 9.59 Å². The molecule has 2 rings (SSSR count). The van der Waals surface area contributed by atoms with Crippen molar-refractivity contribution in [1.29, 1.82) is 0 Å². The van der Waals surface area contributed by atoms with Crippen LogP contribution in [0.25, 0.3) is 0 Å². The maximum Gasteiger partial charge on any atom is 0.261 e. The minimum Gasteiger partial charge on any atom is -0.484 e. The standard InChI is InChI=1S/C23H28Cl2N2O3/c1-15(2)12-26-23(29)17(4)27(13-18-7-5-6-8-21(18)25)22(28)14-30-19-9-10-20(24)16(3)11-19/h5-11,15,17H,12-14H2,1-4H3,(H,26,29). The number of carbonyl (C=O) groups is 2. The molecule has 0 heterocycles. The van der Waals surface area contributed by atoms with Crippen LogP contribution in [-0.2, 0) is 16.1 Å². The van der Waals surface area contributed by atoms with Gasteiger partial charge in [0, 0.05) is 23.1 Å². The van der Waals surface area contributed by atoms with E-state index in [0.717, 1.165) is 11.1 Å². The zero-order valence-corrected chi connectivity index (χ0v) is 19.3. The van der Waals surface area contributed by atoms with Crippen LogP contribution in [0.15, 0.2) is 42.5 Å². The molecule has 0 aliphatic heterocycles. The summed E-state index contributed by atoms with van der Waals surface area (Å²) in [6.45, 7) is 8.14. The number of hydrogen-bond donors (Lipinski definition) is 1. The summed E-state index contributed by atoms with van der Waals surface area (Å²) in [6.07, 6.45) is 0. The molecule has 1 unspecified atom stereocenters. The van der Waals surface area contributed by atoms with E-state index in [-0.39, 0.29) is 25.0 Å². The molecule has 0 fully saturated rings. The molecule has 30 heavy (non-hydrogen) atoms. The highest BCUT2D eigenvalue weighted by atomic mass is 35.5. The first-order chi connectivity index (χ1) is 14.2. The Morgan fingerprint density at radius 3 is 2.40 bits per heavy atom. The summed E-state index contributed by atoms with van der Waals surface area (Å²) in [5.74, 6) is 0.325. The summed E-state index contributed by atoms with van der Waals surface area (Å²) in [4.78, 5) is 27.1. The molecule has 2 aromatic carbocycles. The second-order valence-electron chi connectivity index (χ2n) is 7.63. The number of benzene rings is 2. The van der Waals surface area contributed by atoms with E-state index in [1.165, 1.54) is 4.90 Å². The molecule has 162 valence electrons. The Kier molecular flexibility index (Phi) is 9.00. The lowest BCUT2D eigenvalue weighted by Crippen LogP contribution is -2.49. The van der Waals surface area contributed by atoms with Gasteiger partial charge in [-0.25, -0.2) is 0 Å². The first-order valence-corrected chi connectivity index (χ1v) is 10.6. The molecule has 0 spiro atoms. The molecule has 0 radical (unpaired) electrons. The van der Waals surface area contributed by atoms with Crippen molar-refractivity contribution < 1.29 is 14.3 Å². The average Bonchev–Trinajstić information content (AvgIpc) is 2.71. The van der Waals surface area contributed by atoms with Gasteiger partial charge >= 0.3 is 0 Å². The lowest BCUT2D eigenvalue weighted by atomic mass is 10.1. The van der Waals surface area contributed by atoms with Crippen LogP contribution < -0.4 is 10.1 Å². The molecule has 2 amide bonds. The maximum atomic E-state index is 13.0. The van der Waals surface area contributed by atoms with E-state index >= 15 is 0 Å². The lowest BCUT2D eigenvalue weighted by molar-refractivity contribution is -0.142. The highest BCUT2D eigenvalue weighted by molar-refractivity contribution is 6.31. The fourth-order valence-electron chi connectivity index (χ4n) is 2.78. The Hall–Kier alpha value is -2.24. The monoisotopic (exact) mass is 450 g/mol. The molecule has 7 heteroatoms. The molecule has 0 aromatic heterocycles. The Bertz CT molecular complexity index is 887. The fourth-order valence-corrected chi connectivity index (χ4v) is 3.09. The molecular formula is C23H28Cl2N2O3. The van der Waals surface area contributed by atoms with E-state index in [9.17, 15) is 9.59 Å². The summed E-state index contributed by atoms with van der Waals surface area (Å²) in [6, 6.07) is 11.8. The molecular weight excluding hydrogens is 423 g/mol. The zero-order valence-electron chi connectivity index (χ0n) is 17.7. The number of nitrogens with one attached hydrogen (secondary N) is 1. The largest absolute Gasteiger partial charge is 0.484 e.